The van der Waals surface area contributed by atoms with E-state index in [0.29, 0.717) is 18.7 Å². The summed E-state index contributed by atoms with van der Waals surface area (Å²) in [4.78, 5) is 28.2. The van der Waals surface area contributed by atoms with E-state index >= 15 is 0 Å². The van der Waals surface area contributed by atoms with Crippen molar-refractivity contribution in [3.05, 3.63) is 59.2 Å². The minimum atomic E-state index is -3.84. The van der Waals surface area contributed by atoms with Crippen molar-refractivity contribution in [2.24, 2.45) is 0 Å². The Bertz CT molecular complexity index is 1130. The molecule has 0 bridgehead atoms. The quantitative estimate of drug-likeness (QED) is 0.479. The maximum absolute atomic E-state index is 13.7. The number of nitrogens with one attached hydrogen (secondary N) is 1. The van der Waals surface area contributed by atoms with Crippen LogP contribution in [0.3, 0.4) is 0 Å². The predicted octanol–water partition coefficient (Wildman–Crippen LogP) is 3.41. The van der Waals surface area contributed by atoms with Gasteiger partial charge in [0.1, 0.15) is 18.3 Å². The van der Waals surface area contributed by atoms with Crippen molar-refractivity contribution in [2.75, 3.05) is 30.8 Å². The number of amides is 2. The Morgan fingerprint density at radius 2 is 1.74 bits per heavy atom. The Hall–Kier alpha value is -3.07. The number of hydrogen-bond donors (Lipinski definition) is 1. The van der Waals surface area contributed by atoms with Crippen LogP contribution in [0, 0.1) is 13.8 Å². The Labute approximate surface area is 209 Å². The molecule has 1 unspecified atom stereocenters. The summed E-state index contributed by atoms with van der Waals surface area (Å²) in [5, 5.41) is 2.87. The fraction of sp³-hybridized carbons (Fsp3) is 0.462. The second-order valence-electron chi connectivity index (χ2n) is 8.67. The fourth-order valence-electron chi connectivity index (χ4n) is 3.88. The lowest BCUT2D eigenvalue weighted by Crippen LogP contribution is -2.52. The number of benzene rings is 2. The average Bonchev–Trinajstić information content (AvgIpc) is 2.80. The van der Waals surface area contributed by atoms with E-state index in [1.54, 1.807) is 18.2 Å². The molecule has 192 valence electrons. The normalized spacial score (nSPS) is 12.1. The van der Waals surface area contributed by atoms with Crippen molar-refractivity contribution in [1.29, 1.82) is 0 Å². The molecule has 2 amide bonds. The van der Waals surface area contributed by atoms with Crippen LogP contribution in [0.4, 0.5) is 5.69 Å². The summed E-state index contributed by atoms with van der Waals surface area (Å²) in [6.07, 6.45) is 2.21. The molecule has 0 radical (unpaired) electrons. The molecular weight excluding hydrogens is 466 g/mol. The van der Waals surface area contributed by atoms with Crippen molar-refractivity contribution in [3.63, 3.8) is 0 Å². The number of ether oxygens (including phenoxy) is 1. The number of carbonyl (C=O) groups excluding carboxylic acids is 2. The van der Waals surface area contributed by atoms with E-state index in [2.05, 4.69) is 5.32 Å². The van der Waals surface area contributed by atoms with Crippen molar-refractivity contribution in [2.45, 2.75) is 53.1 Å². The van der Waals surface area contributed by atoms with Gasteiger partial charge in [-0.15, -0.1) is 0 Å². The Kier molecular flexibility index (Phi) is 10.1. The standard InChI is InChI=1S/C26H37N3O5S/c1-7-14-27-26(31)22(8-2)28(17-21-11-9-10-19(3)15-21)25(30)18-29(35(6,32)33)23-16-20(4)12-13-24(23)34-5/h9-13,15-16,22H,7-8,14,17-18H2,1-6H3,(H,27,31). The molecule has 35 heavy (non-hydrogen) atoms. The largest absolute Gasteiger partial charge is 0.495 e. The molecule has 0 heterocycles. The van der Waals surface area contributed by atoms with E-state index in [9.17, 15) is 18.0 Å². The van der Waals surface area contributed by atoms with Crippen LogP contribution < -0.4 is 14.4 Å². The van der Waals surface area contributed by atoms with E-state index in [1.807, 2.05) is 52.0 Å². The van der Waals surface area contributed by atoms with Gasteiger partial charge in [-0.2, -0.15) is 0 Å². The zero-order chi connectivity index (χ0) is 26.2. The van der Waals surface area contributed by atoms with E-state index in [1.165, 1.54) is 12.0 Å². The van der Waals surface area contributed by atoms with Gasteiger partial charge in [-0.3, -0.25) is 13.9 Å². The van der Waals surface area contributed by atoms with Gasteiger partial charge in [0, 0.05) is 13.1 Å². The van der Waals surface area contributed by atoms with Crippen LogP contribution in [0.2, 0.25) is 0 Å². The molecule has 0 spiro atoms. The second kappa shape index (κ2) is 12.6. The lowest BCUT2D eigenvalue weighted by Gasteiger charge is -2.33. The van der Waals surface area contributed by atoms with Gasteiger partial charge in [0.15, 0.2) is 0 Å². The molecule has 9 heteroatoms. The smallest absolute Gasteiger partial charge is 0.244 e. The van der Waals surface area contributed by atoms with Crippen molar-refractivity contribution in [3.8, 4) is 5.75 Å². The maximum Gasteiger partial charge on any atom is 0.244 e. The summed E-state index contributed by atoms with van der Waals surface area (Å²) in [5.41, 5.74) is 2.99. The number of carbonyl (C=O) groups is 2. The number of methoxy groups -OCH3 is 1. The van der Waals surface area contributed by atoms with E-state index in [4.69, 9.17) is 4.74 Å². The zero-order valence-electron chi connectivity index (χ0n) is 21.5. The summed E-state index contributed by atoms with van der Waals surface area (Å²) in [7, 11) is -2.39. The molecule has 0 aliphatic heterocycles. The highest BCUT2D eigenvalue weighted by atomic mass is 32.2. The molecule has 2 aromatic rings. The minimum Gasteiger partial charge on any atom is -0.495 e. The maximum atomic E-state index is 13.7. The number of sulfonamides is 1. The molecule has 0 aliphatic rings. The fourth-order valence-corrected chi connectivity index (χ4v) is 4.73. The third-order valence-electron chi connectivity index (χ3n) is 5.65. The molecule has 0 aromatic heterocycles. The van der Waals surface area contributed by atoms with Gasteiger partial charge in [0.25, 0.3) is 0 Å². The van der Waals surface area contributed by atoms with Crippen LogP contribution in [0.15, 0.2) is 42.5 Å². The number of rotatable bonds is 12. The monoisotopic (exact) mass is 503 g/mol. The van der Waals surface area contributed by atoms with Gasteiger partial charge in [-0.25, -0.2) is 8.42 Å². The van der Waals surface area contributed by atoms with Gasteiger partial charge in [-0.1, -0.05) is 49.7 Å². The number of aryl methyl sites for hydroxylation is 2. The summed E-state index contributed by atoms with van der Waals surface area (Å²) < 4.78 is 32.0. The first-order valence-electron chi connectivity index (χ1n) is 11.8. The van der Waals surface area contributed by atoms with Crippen LogP contribution in [-0.2, 0) is 26.2 Å². The summed E-state index contributed by atoms with van der Waals surface area (Å²) >= 11 is 0. The molecule has 1 N–H and O–H groups in total. The summed E-state index contributed by atoms with van der Waals surface area (Å²) in [6.45, 7) is 7.80. The highest BCUT2D eigenvalue weighted by Crippen LogP contribution is 2.31. The third-order valence-corrected chi connectivity index (χ3v) is 6.78. The van der Waals surface area contributed by atoms with Gasteiger partial charge in [0.2, 0.25) is 21.8 Å². The van der Waals surface area contributed by atoms with E-state index in [-0.39, 0.29) is 18.1 Å². The summed E-state index contributed by atoms with van der Waals surface area (Å²) in [6, 6.07) is 12.1. The molecule has 0 fully saturated rings. The van der Waals surface area contributed by atoms with Crippen molar-refractivity contribution in [1.82, 2.24) is 10.2 Å². The molecule has 2 aromatic carbocycles. The zero-order valence-corrected chi connectivity index (χ0v) is 22.3. The predicted molar refractivity (Wildman–Crippen MR) is 139 cm³/mol. The Morgan fingerprint density at radius 1 is 1.06 bits per heavy atom. The number of nitrogens with zero attached hydrogens (tertiary/aromatic N) is 2. The Morgan fingerprint density at radius 3 is 2.31 bits per heavy atom. The highest BCUT2D eigenvalue weighted by Gasteiger charge is 2.32. The van der Waals surface area contributed by atoms with E-state index < -0.39 is 28.5 Å². The lowest BCUT2D eigenvalue weighted by atomic mass is 10.1. The van der Waals surface area contributed by atoms with Crippen LogP contribution in [0.1, 0.15) is 43.4 Å². The van der Waals surface area contributed by atoms with Crippen LogP contribution in [0.5, 0.6) is 5.75 Å². The molecule has 0 saturated carbocycles. The third kappa shape index (κ3) is 7.71. The second-order valence-corrected chi connectivity index (χ2v) is 10.6. The first-order chi connectivity index (χ1) is 16.5. The highest BCUT2D eigenvalue weighted by molar-refractivity contribution is 7.92. The topological polar surface area (TPSA) is 96.0 Å². The van der Waals surface area contributed by atoms with Gasteiger partial charge >= 0.3 is 0 Å². The van der Waals surface area contributed by atoms with Gasteiger partial charge in [-0.05, 0) is 49.9 Å². The molecule has 2 rings (SSSR count). The SMILES string of the molecule is CCCNC(=O)C(CC)N(Cc1cccc(C)c1)C(=O)CN(c1cc(C)ccc1OC)S(C)(=O)=O. The molecule has 0 saturated heterocycles. The van der Waals surface area contributed by atoms with Crippen LogP contribution in [-0.4, -0.2) is 57.6 Å². The van der Waals surface area contributed by atoms with Gasteiger partial charge in [0.05, 0.1) is 19.1 Å². The molecular formula is C26H37N3O5S. The van der Waals surface area contributed by atoms with Gasteiger partial charge < -0.3 is 15.0 Å². The molecule has 0 aliphatic carbocycles. The first-order valence-corrected chi connectivity index (χ1v) is 13.6. The minimum absolute atomic E-state index is 0.182. The molecule has 8 nitrogen and oxygen atoms in total. The first kappa shape index (κ1) is 28.2. The Balaban J connectivity index is 2.50. The number of anilines is 1. The molecule has 1 atom stereocenters. The van der Waals surface area contributed by atoms with E-state index in [0.717, 1.165) is 33.7 Å². The number of hydrogen-bond acceptors (Lipinski definition) is 5. The average molecular weight is 504 g/mol. The lowest BCUT2D eigenvalue weighted by molar-refractivity contribution is -0.140. The van der Waals surface area contributed by atoms with Crippen molar-refractivity contribution < 1.29 is 22.7 Å². The summed E-state index contributed by atoms with van der Waals surface area (Å²) in [5.74, 6) is -0.389. The van der Waals surface area contributed by atoms with Crippen LogP contribution in [0.25, 0.3) is 0 Å². The van der Waals surface area contributed by atoms with Crippen LogP contribution >= 0.6 is 0 Å². The van der Waals surface area contributed by atoms with Crippen molar-refractivity contribution >= 4 is 27.5 Å².